The lowest BCUT2D eigenvalue weighted by Crippen LogP contribution is -2.39. The Morgan fingerprint density at radius 1 is 1.27 bits per heavy atom. The number of fused-ring (bicyclic) bond motifs is 2. The Bertz CT molecular complexity index is 239. The van der Waals surface area contributed by atoms with Crippen LogP contribution in [0.15, 0.2) is 0 Å². The quantitative estimate of drug-likeness (QED) is 0.556. The van der Waals surface area contributed by atoms with Gasteiger partial charge in [0.2, 0.25) is 0 Å². The molecule has 1 N–H and O–H groups in total. The van der Waals surface area contributed by atoms with Crippen LogP contribution in [0.4, 0.5) is 0 Å². The largest absolute Gasteiger partial charge is 0.359 e. The Labute approximate surface area is 92.9 Å². The van der Waals surface area contributed by atoms with Gasteiger partial charge in [-0.1, -0.05) is 6.92 Å². The molecule has 0 aromatic rings. The van der Waals surface area contributed by atoms with Crippen LogP contribution in [-0.4, -0.2) is 47.9 Å². The second-order valence-electron chi connectivity index (χ2n) is 4.98. The van der Waals surface area contributed by atoms with E-state index in [-0.39, 0.29) is 0 Å². The highest BCUT2D eigenvalue weighted by atomic mass is 15.3. The summed E-state index contributed by atoms with van der Waals surface area (Å²) in [6.45, 7) is 4.35. The molecule has 0 amide bonds. The van der Waals surface area contributed by atoms with Gasteiger partial charge in [0, 0.05) is 31.6 Å². The van der Waals surface area contributed by atoms with E-state index in [0.29, 0.717) is 6.04 Å². The fourth-order valence-electron chi connectivity index (χ4n) is 2.95. The highest BCUT2D eigenvalue weighted by Gasteiger charge is 2.34. The molecule has 2 fully saturated rings. The number of amidine groups is 1. The summed E-state index contributed by atoms with van der Waals surface area (Å²) in [6.07, 6.45) is 5.99. The van der Waals surface area contributed by atoms with Gasteiger partial charge < -0.3 is 4.90 Å². The number of likely N-dealkylation sites (N-methyl/N-ethyl adjacent to an activating group) is 1. The van der Waals surface area contributed by atoms with Gasteiger partial charge in [0.05, 0.1) is 5.84 Å². The van der Waals surface area contributed by atoms with Crippen molar-refractivity contribution < 1.29 is 0 Å². The third kappa shape index (κ3) is 2.17. The third-order valence-electron chi connectivity index (χ3n) is 4.02. The zero-order chi connectivity index (χ0) is 10.8. The molecule has 0 spiro atoms. The summed E-state index contributed by atoms with van der Waals surface area (Å²) in [4.78, 5) is 4.85. The van der Waals surface area contributed by atoms with Gasteiger partial charge in [0.15, 0.2) is 0 Å². The molecule has 0 aliphatic carbocycles. The number of nitrogens with zero attached hydrogens (tertiary/aromatic N) is 2. The molecule has 2 aliphatic heterocycles. The zero-order valence-electron chi connectivity index (χ0n) is 10.00. The molecule has 0 aromatic carbocycles. The van der Waals surface area contributed by atoms with E-state index >= 15 is 0 Å². The fraction of sp³-hybridized carbons (Fsp3) is 0.917. The van der Waals surface area contributed by atoms with Gasteiger partial charge in [-0.3, -0.25) is 10.3 Å². The van der Waals surface area contributed by atoms with Crippen LogP contribution in [-0.2, 0) is 0 Å². The molecule has 2 aliphatic rings. The molecular formula is C12H23N3. The Morgan fingerprint density at radius 2 is 2.00 bits per heavy atom. The van der Waals surface area contributed by atoms with Crippen molar-refractivity contribution in [3.05, 3.63) is 0 Å². The van der Waals surface area contributed by atoms with E-state index in [1.807, 2.05) is 0 Å². The minimum absolute atomic E-state index is 0.703. The monoisotopic (exact) mass is 209 g/mol. The van der Waals surface area contributed by atoms with E-state index in [0.717, 1.165) is 37.8 Å². The molecule has 2 unspecified atom stereocenters. The highest BCUT2D eigenvalue weighted by Crippen LogP contribution is 2.28. The van der Waals surface area contributed by atoms with E-state index in [4.69, 9.17) is 5.41 Å². The van der Waals surface area contributed by atoms with Crippen molar-refractivity contribution in [2.45, 2.75) is 51.1 Å². The lowest BCUT2D eigenvalue weighted by Gasteiger charge is -2.27. The summed E-state index contributed by atoms with van der Waals surface area (Å²) in [6, 6.07) is 1.49. The van der Waals surface area contributed by atoms with Crippen LogP contribution >= 0.6 is 0 Å². The van der Waals surface area contributed by atoms with E-state index in [1.54, 1.807) is 0 Å². The molecule has 2 rings (SSSR count). The summed E-state index contributed by atoms with van der Waals surface area (Å²) in [5.41, 5.74) is 0. The molecule has 15 heavy (non-hydrogen) atoms. The number of hydrogen-bond donors (Lipinski definition) is 1. The molecule has 0 aromatic heterocycles. The Kier molecular flexibility index (Phi) is 3.29. The molecule has 86 valence electrons. The summed E-state index contributed by atoms with van der Waals surface area (Å²) >= 11 is 0. The summed E-state index contributed by atoms with van der Waals surface area (Å²) < 4.78 is 0. The van der Waals surface area contributed by atoms with Crippen LogP contribution in [0.2, 0.25) is 0 Å². The Morgan fingerprint density at radius 3 is 2.73 bits per heavy atom. The van der Waals surface area contributed by atoms with Gasteiger partial charge in [-0.05, 0) is 32.7 Å². The van der Waals surface area contributed by atoms with Gasteiger partial charge in [-0.2, -0.15) is 0 Å². The smallest absolute Gasteiger partial charge is 0.0958 e. The fourth-order valence-corrected chi connectivity index (χ4v) is 2.95. The first kappa shape index (κ1) is 10.9. The standard InChI is InChI=1S/C12H23N3/c1-3-4-12(13)15-8-7-10-5-6-11(9-15)14(10)2/h10-11,13H,3-9H2,1-2H3. The third-order valence-corrected chi connectivity index (χ3v) is 4.02. The molecule has 2 bridgehead atoms. The van der Waals surface area contributed by atoms with E-state index in [2.05, 4.69) is 23.8 Å². The molecule has 2 atom stereocenters. The van der Waals surface area contributed by atoms with Crippen LogP contribution < -0.4 is 0 Å². The lowest BCUT2D eigenvalue weighted by molar-refractivity contribution is 0.245. The van der Waals surface area contributed by atoms with Crippen molar-refractivity contribution in [2.24, 2.45) is 0 Å². The number of rotatable bonds is 2. The number of nitrogens with one attached hydrogen (secondary N) is 1. The van der Waals surface area contributed by atoms with Crippen LogP contribution in [0.3, 0.4) is 0 Å². The van der Waals surface area contributed by atoms with Crippen molar-refractivity contribution in [3.8, 4) is 0 Å². The maximum absolute atomic E-state index is 8.03. The van der Waals surface area contributed by atoms with Crippen molar-refractivity contribution in [1.29, 1.82) is 5.41 Å². The first-order chi connectivity index (χ1) is 7.22. The molecule has 2 heterocycles. The van der Waals surface area contributed by atoms with E-state index in [1.165, 1.54) is 19.3 Å². The first-order valence-electron chi connectivity index (χ1n) is 6.26. The SMILES string of the molecule is CCCC(=N)N1CCC2CCC(C1)N2C. The zero-order valence-corrected chi connectivity index (χ0v) is 10.00. The molecular weight excluding hydrogens is 186 g/mol. The summed E-state index contributed by atoms with van der Waals surface area (Å²) in [5, 5.41) is 8.03. The van der Waals surface area contributed by atoms with Gasteiger partial charge in [0.1, 0.15) is 0 Å². The van der Waals surface area contributed by atoms with Gasteiger partial charge in [-0.15, -0.1) is 0 Å². The van der Waals surface area contributed by atoms with Crippen LogP contribution in [0.1, 0.15) is 39.0 Å². The van der Waals surface area contributed by atoms with E-state index < -0.39 is 0 Å². The molecule has 3 nitrogen and oxygen atoms in total. The minimum atomic E-state index is 0.703. The molecule has 2 saturated heterocycles. The minimum Gasteiger partial charge on any atom is -0.359 e. The maximum Gasteiger partial charge on any atom is 0.0958 e. The average Bonchev–Trinajstić information content (AvgIpc) is 2.41. The first-order valence-corrected chi connectivity index (χ1v) is 6.26. The van der Waals surface area contributed by atoms with Crippen LogP contribution in [0, 0.1) is 5.41 Å². The number of hydrogen-bond acceptors (Lipinski definition) is 2. The maximum atomic E-state index is 8.03. The highest BCUT2D eigenvalue weighted by molar-refractivity contribution is 5.79. The average molecular weight is 209 g/mol. The van der Waals surface area contributed by atoms with E-state index in [9.17, 15) is 0 Å². The normalized spacial score (nSPS) is 31.7. The second-order valence-corrected chi connectivity index (χ2v) is 4.98. The van der Waals surface area contributed by atoms with Crippen molar-refractivity contribution >= 4 is 5.84 Å². The van der Waals surface area contributed by atoms with Gasteiger partial charge >= 0.3 is 0 Å². The van der Waals surface area contributed by atoms with Gasteiger partial charge in [-0.25, -0.2) is 0 Å². The number of likely N-dealkylation sites (tertiary alicyclic amines) is 1. The van der Waals surface area contributed by atoms with Crippen LogP contribution in [0.25, 0.3) is 0 Å². The molecule has 3 heteroatoms. The van der Waals surface area contributed by atoms with Gasteiger partial charge in [0.25, 0.3) is 0 Å². The second kappa shape index (κ2) is 4.52. The topological polar surface area (TPSA) is 30.3 Å². The van der Waals surface area contributed by atoms with Crippen LogP contribution in [0.5, 0.6) is 0 Å². The Balaban J connectivity index is 1.97. The Hall–Kier alpha value is -0.570. The summed E-state index contributed by atoms with van der Waals surface area (Å²) in [7, 11) is 2.26. The van der Waals surface area contributed by atoms with Crippen molar-refractivity contribution in [1.82, 2.24) is 9.80 Å². The van der Waals surface area contributed by atoms with Crippen molar-refractivity contribution in [3.63, 3.8) is 0 Å². The predicted molar refractivity (Wildman–Crippen MR) is 63.4 cm³/mol. The lowest BCUT2D eigenvalue weighted by atomic mass is 10.1. The molecule has 0 saturated carbocycles. The summed E-state index contributed by atoms with van der Waals surface area (Å²) in [5.74, 6) is 0.860. The van der Waals surface area contributed by atoms with Crippen molar-refractivity contribution in [2.75, 3.05) is 20.1 Å². The predicted octanol–water partition coefficient (Wildman–Crippen LogP) is 1.93. The molecule has 0 radical (unpaired) electrons.